The second-order valence-corrected chi connectivity index (χ2v) is 2.52. The van der Waals surface area contributed by atoms with Crippen LogP contribution in [0.15, 0.2) is 18.2 Å². The Morgan fingerprint density at radius 2 is 1.85 bits per heavy atom. The van der Waals surface area contributed by atoms with Crippen molar-refractivity contribution >= 4 is 12.4 Å². The molecule has 0 saturated carbocycles. The zero-order chi connectivity index (χ0) is 9.14. The van der Waals surface area contributed by atoms with Crippen molar-refractivity contribution in [1.29, 1.82) is 0 Å². The van der Waals surface area contributed by atoms with Crippen molar-refractivity contribution in [2.75, 3.05) is 6.54 Å². The fourth-order valence-corrected chi connectivity index (χ4v) is 0.879. The molecule has 0 fully saturated rings. The van der Waals surface area contributed by atoms with Crippen LogP contribution in [-0.4, -0.2) is 6.54 Å². The van der Waals surface area contributed by atoms with Crippen molar-refractivity contribution in [1.82, 2.24) is 0 Å². The maximum atomic E-state index is 12.6. The van der Waals surface area contributed by atoms with Crippen molar-refractivity contribution in [3.05, 3.63) is 35.4 Å². The van der Waals surface area contributed by atoms with E-state index in [9.17, 15) is 8.78 Å². The van der Waals surface area contributed by atoms with Crippen molar-refractivity contribution in [3.8, 4) is 0 Å². The molecule has 0 bridgehead atoms. The SMILES string of the molecule is Cl.NC[C@H](N)c1ccc(F)c(F)c1. The molecule has 74 valence electrons. The zero-order valence-corrected chi connectivity index (χ0v) is 7.65. The van der Waals surface area contributed by atoms with E-state index >= 15 is 0 Å². The van der Waals surface area contributed by atoms with Gasteiger partial charge in [0.2, 0.25) is 0 Å². The van der Waals surface area contributed by atoms with Gasteiger partial charge in [-0.3, -0.25) is 0 Å². The maximum absolute atomic E-state index is 12.6. The molecular weight excluding hydrogens is 198 g/mol. The van der Waals surface area contributed by atoms with Gasteiger partial charge in [0.25, 0.3) is 0 Å². The summed E-state index contributed by atoms with van der Waals surface area (Å²) in [7, 11) is 0. The lowest BCUT2D eigenvalue weighted by molar-refractivity contribution is 0.505. The monoisotopic (exact) mass is 208 g/mol. The fraction of sp³-hybridized carbons (Fsp3) is 0.250. The van der Waals surface area contributed by atoms with Crippen LogP contribution in [-0.2, 0) is 0 Å². The minimum absolute atomic E-state index is 0. The summed E-state index contributed by atoms with van der Waals surface area (Å²) >= 11 is 0. The summed E-state index contributed by atoms with van der Waals surface area (Å²) < 4.78 is 25.0. The standard InChI is InChI=1S/C8H10F2N2.ClH/c9-6-2-1-5(3-7(6)10)8(12)4-11;/h1-3,8H,4,11-12H2;1H/t8-;/m0./s1. The van der Waals surface area contributed by atoms with E-state index in [0.717, 1.165) is 12.1 Å². The van der Waals surface area contributed by atoms with Crippen LogP contribution >= 0.6 is 12.4 Å². The van der Waals surface area contributed by atoms with Crippen molar-refractivity contribution in [2.45, 2.75) is 6.04 Å². The Hall–Kier alpha value is -0.710. The van der Waals surface area contributed by atoms with Gasteiger partial charge in [0.1, 0.15) is 0 Å². The average Bonchev–Trinajstić information content (AvgIpc) is 2.08. The van der Waals surface area contributed by atoms with Crippen molar-refractivity contribution in [3.63, 3.8) is 0 Å². The average molecular weight is 209 g/mol. The number of benzene rings is 1. The van der Waals surface area contributed by atoms with E-state index in [1.807, 2.05) is 0 Å². The Labute approximate surface area is 81.3 Å². The molecule has 0 saturated heterocycles. The van der Waals surface area contributed by atoms with Gasteiger partial charge in [-0.05, 0) is 17.7 Å². The molecule has 1 rings (SSSR count). The van der Waals surface area contributed by atoms with Gasteiger partial charge >= 0.3 is 0 Å². The Bertz CT molecular complexity index is 281. The molecule has 0 aromatic heterocycles. The van der Waals surface area contributed by atoms with E-state index in [1.165, 1.54) is 6.07 Å². The van der Waals surface area contributed by atoms with Gasteiger partial charge in [-0.25, -0.2) is 8.78 Å². The summed E-state index contributed by atoms with van der Waals surface area (Å²) in [6.45, 7) is 0.213. The quantitative estimate of drug-likeness (QED) is 0.771. The molecular formula is C8H11ClF2N2. The van der Waals surface area contributed by atoms with Crippen molar-refractivity contribution in [2.24, 2.45) is 11.5 Å². The molecule has 0 heterocycles. The van der Waals surface area contributed by atoms with E-state index in [4.69, 9.17) is 11.5 Å². The summed E-state index contributed by atoms with van der Waals surface area (Å²) in [6.07, 6.45) is 0. The van der Waals surface area contributed by atoms with E-state index in [0.29, 0.717) is 5.56 Å². The lowest BCUT2D eigenvalue weighted by Crippen LogP contribution is -2.20. The first-order chi connectivity index (χ1) is 5.65. The first kappa shape index (κ1) is 12.3. The molecule has 0 radical (unpaired) electrons. The highest BCUT2D eigenvalue weighted by Crippen LogP contribution is 2.13. The summed E-state index contributed by atoms with van der Waals surface area (Å²) in [5.74, 6) is -1.76. The molecule has 2 nitrogen and oxygen atoms in total. The number of nitrogens with two attached hydrogens (primary N) is 2. The predicted octanol–water partition coefficient (Wildman–Crippen LogP) is 1.35. The lowest BCUT2D eigenvalue weighted by atomic mass is 10.1. The van der Waals surface area contributed by atoms with Crippen LogP contribution in [0.4, 0.5) is 8.78 Å². The number of halogens is 3. The summed E-state index contributed by atoms with van der Waals surface area (Å²) in [5, 5.41) is 0. The Morgan fingerprint density at radius 3 is 2.31 bits per heavy atom. The van der Waals surface area contributed by atoms with E-state index in [2.05, 4.69) is 0 Å². The second kappa shape index (κ2) is 5.11. The molecule has 0 aliphatic heterocycles. The Balaban J connectivity index is 0.00000144. The summed E-state index contributed by atoms with van der Waals surface area (Å²) in [6, 6.07) is 3.10. The van der Waals surface area contributed by atoms with Gasteiger partial charge in [-0.1, -0.05) is 6.07 Å². The normalized spacial score (nSPS) is 12.0. The number of hydrogen-bond acceptors (Lipinski definition) is 2. The van der Waals surface area contributed by atoms with Crippen LogP contribution in [0.5, 0.6) is 0 Å². The van der Waals surface area contributed by atoms with E-state index in [1.54, 1.807) is 0 Å². The maximum Gasteiger partial charge on any atom is 0.159 e. The first-order valence-electron chi connectivity index (χ1n) is 3.55. The third kappa shape index (κ3) is 2.91. The first-order valence-corrected chi connectivity index (χ1v) is 3.55. The highest BCUT2D eigenvalue weighted by Gasteiger charge is 2.07. The Kier molecular flexibility index (Phi) is 4.83. The molecule has 0 aliphatic rings. The largest absolute Gasteiger partial charge is 0.329 e. The highest BCUT2D eigenvalue weighted by molar-refractivity contribution is 5.85. The molecule has 13 heavy (non-hydrogen) atoms. The molecule has 0 spiro atoms. The Morgan fingerprint density at radius 1 is 1.23 bits per heavy atom. The van der Waals surface area contributed by atoms with Crippen LogP contribution in [0.2, 0.25) is 0 Å². The van der Waals surface area contributed by atoms with Gasteiger partial charge in [0, 0.05) is 12.6 Å². The molecule has 5 heteroatoms. The minimum atomic E-state index is -0.892. The molecule has 1 aromatic carbocycles. The summed E-state index contributed by atoms with van der Waals surface area (Å²) in [5.41, 5.74) is 11.3. The fourth-order valence-electron chi connectivity index (χ4n) is 0.879. The van der Waals surface area contributed by atoms with Crippen LogP contribution in [0.3, 0.4) is 0 Å². The molecule has 0 unspecified atom stereocenters. The topological polar surface area (TPSA) is 52.0 Å². The molecule has 4 N–H and O–H groups in total. The van der Waals surface area contributed by atoms with Crippen LogP contribution in [0.25, 0.3) is 0 Å². The predicted molar refractivity (Wildman–Crippen MR) is 49.6 cm³/mol. The zero-order valence-electron chi connectivity index (χ0n) is 6.84. The van der Waals surface area contributed by atoms with E-state index < -0.39 is 17.7 Å². The van der Waals surface area contributed by atoms with Crippen LogP contribution < -0.4 is 11.5 Å². The van der Waals surface area contributed by atoms with Gasteiger partial charge in [-0.15, -0.1) is 12.4 Å². The molecule has 1 aromatic rings. The third-order valence-electron chi connectivity index (χ3n) is 1.63. The van der Waals surface area contributed by atoms with Gasteiger partial charge in [0.05, 0.1) is 0 Å². The molecule has 0 amide bonds. The van der Waals surface area contributed by atoms with Gasteiger partial charge < -0.3 is 11.5 Å². The van der Waals surface area contributed by atoms with Gasteiger partial charge in [-0.2, -0.15) is 0 Å². The summed E-state index contributed by atoms with van der Waals surface area (Å²) in [4.78, 5) is 0. The van der Waals surface area contributed by atoms with E-state index in [-0.39, 0.29) is 19.0 Å². The van der Waals surface area contributed by atoms with Crippen molar-refractivity contribution < 1.29 is 8.78 Å². The lowest BCUT2D eigenvalue weighted by Gasteiger charge is -2.08. The third-order valence-corrected chi connectivity index (χ3v) is 1.63. The van der Waals surface area contributed by atoms with Crippen LogP contribution in [0, 0.1) is 11.6 Å². The second-order valence-electron chi connectivity index (χ2n) is 2.52. The van der Waals surface area contributed by atoms with Gasteiger partial charge in [0.15, 0.2) is 11.6 Å². The number of hydrogen-bond donors (Lipinski definition) is 2. The molecule has 1 atom stereocenters. The number of rotatable bonds is 2. The smallest absolute Gasteiger partial charge is 0.159 e. The highest BCUT2D eigenvalue weighted by atomic mass is 35.5. The minimum Gasteiger partial charge on any atom is -0.329 e. The van der Waals surface area contributed by atoms with Crippen LogP contribution in [0.1, 0.15) is 11.6 Å². The molecule has 0 aliphatic carbocycles.